The zero-order valence-electron chi connectivity index (χ0n) is 31.1. The van der Waals surface area contributed by atoms with Crippen LogP contribution in [-0.2, 0) is 14.3 Å². The summed E-state index contributed by atoms with van der Waals surface area (Å²) in [5, 5.41) is 2.96. The van der Waals surface area contributed by atoms with Crippen molar-refractivity contribution in [2.45, 2.75) is 120 Å². The van der Waals surface area contributed by atoms with Crippen LogP contribution in [0.5, 0.6) is 11.5 Å². The van der Waals surface area contributed by atoms with Gasteiger partial charge in [-0.3, -0.25) is 4.79 Å². The highest BCUT2D eigenvalue weighted by Crippen LogP contribution is 2.33. The minimum absolute atomic E-state index is 0.0332. The number of amides is 4. The molecule has 11 heteroatoms. The summed E-state index contributed by atoms with van der Waals surface area (Å²) >= 11 is 0. The maximum Gasteiger partial charge on any atom is 0.410 e. The number of ether oxygens (including phenoxy) is 4. The maximum absolute atomic E-state index is 12.8. The number of likely N-dealkylation sites (tertiary alicyclic amines) is 3. The zero-order chi connectivity index (χ0) is 36.2. The Morgan fingerprint density at radius 3 is 1.69 bits per heavy atom. The van der Waals surface area contributed by atoms with Gasteiger partial charge in [-0.25, -0.2) is 9.59 Å². The Hall–Kier alpha value is -3.99. The minimum atomic E-state index is -0.429. The second-order valence-corrected chi connectivity index (χ2v) is 16.4. The number of urea groups is 1. The first-order chi connectivity index (χ1) is 25.1. The summed E-state index contributed by atoms with van der Waals surface area (Å²) < 4.78 is 23.0. The molecule has 0 bridgehead atoms. The van der Waals surface area contributed by atoms with Crippen molar-refractivity contribution in [3.05, 3.63) is 59.7 Å². The van der Waals surface area contributed by atoms with E-state index in [-0.39, 0.29) is 36.8 Å². The molecular formula is C41H56N4O7. The third-order valence-corrected chi connectivity index (χ3v) is 11.2. The lowest BCUT2D eigenvalue weighted by atomic mass is 9.91. The highest BCUT2D eigenvalue weighted by Gasteiger charge is 2.40. The number of rotatable bonds is 6. The van der Waals surface area contributed by atoms with Gasteiger partial charge >= 0.3 is 12.1 Å². The molecule has 2 saturated carbocycles. The molecule has 1 N–H and O–H groups in total. The lowest BCUT2D eigenvalue weighted by Gasteiger charge is -2.46. The molecule has 8 rings (SSSR count). The zero-order valence-corrected chi connectivity index (χ0v) is 31.1. The average molecular weight is 717 g/mol. The molecular weight excluding hydrogens is 660 g/mol. The summed E-state index contributed by atoms with van der Waals surface area (Å²) in [5.41, 5.74) is 2.10. The van der Waals surface area contributed by atoms with Gasteiger partial charge in [0.15, 0.2) is 0 Å². The molecule has 2 aromatic carbocycles. The summed E-state index contributed by atoms with van der Waals surface area (Å²) in [6.45, 7) is 9.99. The van der Waals surface area contributed by atoms with E-state index in [9.17, 15) is 14.4 Å². The van der Waals surface area contributed by atoms with E-state index in [2.05, 4.69) is 53.8 Å². The molecule has 282 valence electrons. The lowest BCUT2D eigenvalue weighted by Crippen LogP contribution is -2.63. The SMILES string of the molecule is CC(C)(C)OC(=O)N1CC(c2ccc(OC3CCCC3)cc2)C1.O=C1CO[C@H]2CCN(C(=O)N3CC(c4ccc(OC5CCCC5)cc4)C3)C[C@H]2N1. The third-order valence-electron chi connectivity index (χ3n) is 11.2. The Bertz CT molecular complexity index is 1520. The van der Waals surface area contributed by atoms with E-state index in [4.69, 9.17) is 18.9 Å². The van der Waals surface area contributed by atoms with Crippen LogP contribution in [0.25, 0.3) is 0 Å². The number of carbonyl (C=O) groups excluding carboxylic acids is 3. The number of nitrogens with zero attached hydrogens (tertiary/aromatic N) is 3. The summed E-state index contributed by atoms with van der Waals surface area (Å²) in [6, 6.07) is 16.8. The summed E-state index contributed by atoms with van der Waals surface area (Å²) in [6.07, 6.45) is 11.1. The van der Waals surface area contributed by atoms with E-state index < -0.39 is 5.60 Å². The van der Waals surface area contributed by atoms with Gasteiger partial charge in [-0.2, -0.15) is 0 Å². The topological polar surface area (TPSA) is 110 Å². The number of hydrogen-bond donors (Lipinski definition) is 1. The molecule has 0 aromatic heterocycles. The Morgan fingerprint density at radius 2 is 1.19 bits per heavy atom. The number of fused-ring (bicyclic) bond motifs is 1. The van der Waals surface area contributed by atoms with Gasteiger partial charge in [0.2, 0.25) is 5.91 Å². The summed E-state index contributed by atoms with van der Waals surface area (Å²) in [4.78, 5) is 41.9. The fraction of sp³-hybridized carbons (Fsp3) is 0.634. The van der Waals surface area contributed by atoms with Gasteiger partial charge < -0.3 is 39.0 Å². The second-order valence-electron chi connectivity index (χ2n) is 16.4. The molecule has 4 aliphatic heterocycles. The van der Waals surface area contributed by atoms with Crippen LogP contribution in [0.15, 0.2) is 48.5 Å². The van der Waals surface area contributed by atoms with E-state index in [1.807, 2.05) is 30.6 Å². The fourth-order valence-electron chi connectivity index (χ4n) is 8.12. The first-order valence-corrected chi connectivity index (χ1v) is 19.5. The monoisotopic (exact) mass is 716 g/mol. The van der Waals surface area contributed by atoms with E-state index >= 15 is 0 Å². The molecule has 6 fully saturated rings. The van der Waals surface area contributed by atoms with Crippen LogP contribution in [0.2, 0.25) is 0 Å². The highest BCUT2D eigenvalue weighted by molar-refractivity contribution is 5.79. The number of carbonyl (C=O) groups is 3. The number of nitrogens with one attached hydrogen (secondary N) is 1. The summed E-state index contributed by atoms with van der Waals surface area (Å²) in [7, 11) is 0. The minimum Gasteiger partial charge on any atom is -0.490 e. The Balaban J connectivity index is 0.000000167. The number of piperidine rings is 1. The first kappa shape index (κ1) is 36.4. The molecule has 6 aliphatic rings. The van der Waals surface area contributed by atoms with Crippen molar-refractivity contribution in [2.24, 2.45) is 0 Å². The molecule has 4 heterocycles. The van der Waals surface area contributed by atoms with Gasteiger partial charge in [-0.15, -0.1) is 0 Å². The predicted octanol–water partition coefficient (Wildman–Crippen LogP) is 6.46. The predicted molar refractivity (Wildman–Crippen MR) is 197 cm³/mol. The van der Waals surface area contributed by atoms with Crippen LogP contribution in [0.3, 0.4) is 0 Å². The largest absolute Gasteiger partial charge is 0.490 e. The summed E-state index contributed by atoms with van der Waals surface area (Å²) in [5.74, 6) is 2.61. The third kappa shape index (κ3) is 9.14. The van der Waals surface area contributed by atoms with Crippen molar-refractivity contribution < 1.29 is 33.3 Å². The second kappa shape index (κ2) is 15.9. The molecule has 0 spiro atoms. The van der Waals surface area contributed by atoms with E-state index in [1.165, 1.54) is 49.7 Å². The molecule has 11 nitrogen and oxygen atoms in total. The molecule has 2 atom stereocenters. The normalized spacial score (nSPS) is 24.2. The Labute approximate surface area is 308 Å². The van der Waals surface area contributed by atoms with Crippen LogP contribution in [0.4, 0.5) is 9.59 Å². The van der Waals surface area contributed by atoms with Crippen molar-refractivity contribution in [1.29, 1.82) is 0 Å². The van der Waals surface area contributed by atoms with Crippen molar-refractivity contribution in [1.82, 2.24) is 20.0 Å². The van der Waals surface area contributed by atoms with Gasteiger partial charge in [-0.1, -0.05) is 24.3 Å². The van der Waals surface area contributed by atoms with Crippen LogP contribution in [0.1, 0.15) is 102 Å². The fourth-order valence-corrected chi connectivity index (χ4v) is 8.12. The standard InChI is InChI=1S/C22H29N3O4.C19H27NO3/c26-21-14-28-20-9-10-24(13-19(20)23-21)22(27)25-11-16(12-25)15-5-7-18(8-6-15)29-17-3-1-2-4-17;1-19(2,3)23-18(21)20-12-15(13-20)14-8-10-17(11-9-14)22-16-6-4-5-7-16/h5-8,16-17,19-20H,1-4,9-14H2,(H,23,26);8-11,15-16H,4-7,12-13H2,1-3H3/t19-,20+;/m1./s1. The van der Waals surface area contributed by atoms with Crippen molar-refractivity contribution in [2.75, 3.05) is 45.9 Å². The van der Waals surface area contributed by atoms with Crippen LogP contribution >= 0.6 is 0 Å². The molecule has 2 aliphatic carbocycles. The highest BCUT2D eigenvalue weighted by atomic mass is 16.6. The maximum atomic E-state index is 12.8. The van der Waals surface area contributed by atoms with Gasteiger partial charge in [0.25, 0.3) is 0 Å². The number of morpholine rings is 1. The lowest BCUT2D eigenvalue weighted by molar-refractivity contribution is -0.139. The van der Waals surface area contributed by atoms with Gasteiger partial charge in [0.05, 0.1) is 24.4 Å². The first-order valence-electron chi connectivity index (χ1n) is 19.5. The molecule has 52 heavy (non-hydrogen) atoms. The van der Waals surface area contributed by atoms with E-state index in [0.29, 0.717) is 37.1 Å². The van der Waals surface area contributed by atoms with E-state index in [1.54, 1.807) is 4.90 Å². The molecule has 0 unspecified atom stereocenters. The molecule has 0 radical (unpaired) electrons. The van der Waals surface area contributed by atoms with Crippen LogP contribution in [0, 0.1) is 0 Å². The van der Waals surface area contributed by atoms with E-state index in [0.717, 1.165) is 56.9 Å². The molecule has 4 amide bonds. The van der Waals surface area contributed by atoms with Crippen molar-refractivity contribution in [3.63, 3.8) is 0 Å². The quantitative estimate of drug-likeness (QED) is 0.366. The number of hydrogen-bond acceptors (Lipinski definition) is 7. The van der Waals surface area contributed by atoms with Crippen LogP contribution in [-0.4, -0.2) is 109 Å². The van der Waals surface area contributed by atoms with Gasteiger partial charge in [-0.05, 0) is 114 Å². The molecule has 4 saturated heterocycles. The van der Waals surface area contributed by atoms with Crippen LogP contribution < -0.4 is 14.8 Å². The average Bonchev–Trinajstić information content (AvgIpc) is 3.79. The Kier molecular flexibility index (Phi) is 11.2. The van der Waals surface area contributed by atoms with Crippen molar-refractivity contribution >= 4 is 18.0 Å². The molecule has 2 aromatic rings. The Morgan fingerprint density at radius 1 is 0.692 bits per heavy atom. The van der Waals surface area contributed by atoms with Crippen molar-refractivity contribution in [3.8, 4) is 11.5 Å². The smallest absolute Gasteiger partial charge is 0.410 e. The van der Waals surface area contributed by atoms with Gasteiger partial charge in [0, 0.05) is 51.1 Å². The number of benzene rings is 2. The van der Waals surface area contributed by atoms with Gasteiger partial charge in [0.1, 0.15) is 23.7 Å².